The molecule has 0 fully saturated rings. The fraction of sp³-hybridized carbons (Fsp3) is 0.238. The van der Waals surface area contributed by atoms with E-state index in [4.69, 9.17) is 9.78 Å². The normalized spacial score (nSPS) is 12.6. The number of hydrogen-bond donors (Lipinski definition) is 1. The molecule has 1 atom stereocenters. The zero-order valence-electron chi connectivity index (χ0n) is 17.8. The van der Waals surface area contributed by atoms with E-state index in [0.717, 1.165) is 11.1 Å². The van der Waals surface area contributed by atoms with Crippen molar-refractivity contribution in [1.29, 1.82) is 5.26 Å². The molecule has 32 heavy (non-hydrogen) atoms. The summed E-state index contributed by atoms with van der Waals surface area (Å²) in [6.45, 7) is 5.52. The van der Waals surface area contributed by atoms with Crippen LogP contribution in [0.5, 0.6) is 0 Å². The van der Waals surface area contributed by atoms with Crippen molar-refractivity contribution in [3.05, 3.63) is 73.2 Å². The standard InChI is InChI=1S/C21H20BrN5O4S/c1-12-13(2)26-31-21(12)27-10-17(19(28)18(22)14(27)3)20(29)24-9-15-5-7-16(8-6-15)32(4,30)25-11-23/h5-8,10H,9H2,1-4H3,(H,24,29). The Morgan fingerprint density at radius 2 is 1.97 bits per heavy atom. The van der Waals surface area contributed by atoms with Crippen LogP contribution in [0.3, 0.4) is 0 Å². The minimum absolute atomic E-state index is 0.0584. The number of aromatic nitrogens is 2. The van der Waals surface area contributed by atoms with Gasteiger partial charge in [-0.2, -0.15) is 5.26 Å². The van der Waals surface area contributed by atoms with Crippen molar-refractivity contribution in [2.24, 2.45) is 4.36 Å². The molecule has 0 aliphatic heterocycles. The smallest absolute Gasteiger partial charge is 0.257 e. The minimum atomic E-state index is -2.79. The van der Waals surface area contributed by atoms with Crippen LogP contribution in [0.1, 0.15) is 32.9 Å². The number of carbonyl (C=O) groups excluding carboxylic acids is 1. The fourth-order valence-electron chi connectivity index (χ4n) is 2.94. The van der Waals surface area contributed by atoms with Crippen molar-refractivity contribution >= 4 is 31.6 Å². The van der Waals surface area contributed by atoms with Crippen molar-refractivity contribution in [1.82, 2.24) is 15.0 Å². The van der Waals surface area contributed by atoms with Gasteiger partial charge in [0, 0.05) is 35.2 Å². The van der Waals surface area contributed by atoms with Gasteiger partial charge in [0.25, 0.3) is 5.91 Å². The summed E-state index contributed by atoms with van der Waals surface area (Å²) in [5.41, 5.74) is 2.31. The Labute approximate surface area is 193 Å². The van der Waals surface area contributed by atoms with Crippen molar-refractivity contribution in [2.45, 2.75) is 32.2 Å². The number of hydrogen-bond acceptors (Lipinski definition) is 7. The molecular formula is C21H20BrN5O4S. The van der Waals surface area contributed by atoms with Gasteiger partial charge in [-0.15, -0.1) is 4.36 Å². The maximum absolute atomic E-state index is 12.8. The van der Waals surface area contributed by atoms with Crippen molar-refractivity contribution in [3.63, 3.8) is 0 Å². The number of pyridine rings is 1. The van der Waals surface area contributed by atoms with Crippen LogP contribution < -0.4 is 10.7 Å². The molecule has 9 nitrogen and oxygen atoms in total. The van der Waals surface area contributed by atoms with Crippen molar-refractivity contribution in [3.8, 4) is 12.1 Å². The zero-order chi connectivity index (χ0) is 23.6. The van der Waals surface area contributed by atoms with Crippen molar-refractivity contribution < 1.29 is 13.5 Å². The Balaban J connectivity index is 1.87. The van der Waals surface area contributed by atoms with Crippen LogP contribution in [0.2, 0.25) is 0 Å². The van der Waals surface area contributed by atoms with E-state index < -0.39 is 21.1 Å². The lowest BCUT2D eigenvalue weighted by atomic mass is 10.2. The van der Waals surface area contributed by atoms with Crippen molar-refractivity contribution in [2.75, 3.05) is 6.26 Å². The quantitative estimate of drug-likeness (QED) is 0.516. The molecule has 0 saturated carbocycles. The summed E-state index contributed by atoms with van der Waals surface area (Å²) in [6.07, 6.45) is 4.37. The summed E-state index contributed by atoms with van der Waals surface area (Å²) < 4.78 is 23.0. The molecule has 2 heterocycles. The topological polar surface area (TPSA) is 130 Å². The summed E-state index contributed by atoms with van der Waals surface area (Å²) in [5, 5.41) is 15.3. The summed E-state index contributed by atoms with van der Waals surface area (Å²) in [7, 11) is -2.79. The molecule has 0 spiro atoms. The molecule has 0 bridgehead atoms. The number of carbonyl (C=O) groups is 1. The number of nitriles is 1. The fourth-order valence-corrected chi connectivity index (χ4v) is 4.25. The third kappa shape index (κ3) is 4.51. The number of nitrogens with zero attached hydrogens (tertiary/aromatic N) is 4. The van der Waals surface area contributed by atoms with Crippen LogP contribution in [0.25, 0.3) is 5.88 Å². The highest BCUT2D eigenvalue weighted by atomic mass is 79.9. The van der Waals surface area contributed by atoms with Gasteiger partial charge >= 0.3 is 0 Å². The largest absolute Gasteiger partial charge is 0.348 e. The molecule has 0 radical (unpaired) electrons. The third-order valence-corrected chi connectivity index (χ3v) is 7.52. The van der Waals surface area contributed by atoms with E-state index in [-0.39, 0.29) is 16.6 Å². The highest BCUT2D eigenvalue weighted by molar-refractivity contribution is 9.10. The molecule has 1 aromatic carbocycles. The molecular weight excluding hydrogens is 498 g/mol. The molecule has 1 N–H and O–H groups in total. The molecule has 166 valence electrons. The maximum Gasteiger partial charge on any atom is 0.257 e. The van der Waals surface area contributed by atoms with E-state index in [2.05, 4.69) is 30.8 Å². The second kappa shape index (κ2) is 9.10. The van der Waals surface area contributed by atoms with Crippen LogP contribution in [-0.4, -0.2) is 26.1 Å². The van der Waals surface area contributed by atoms with Gasteiger partial charge in [-0.25, -0.2) is 4.21 Å². The van der Waals surface area contributed by atoms with E-state index in [1.807, 2.05) is 6.92 Å². The van der Waals surface area contributed by atoms with Gasteiger partial charge < -0.3 is 9.84 Å². The number of aryl methyl sites for hydroxylation is 1. The van der Waals surface area contributed by atoms with E-state index in [1.165, 1.54) is 12.5 Å². The molecule has 0 saturated heterocycles. The first kappa shape index (κ1) is 23.4. The molecule has 11 heteroatoms. The lowest BCUT2D eigenvalue weighted by Gasteiger charge is -2.13. The second-order valence-corrected chi connectivity index (χ2v) is 10.2. The lowest BCUT2D eigenvalue weighted by molar-refractivity contribution is 0.0949. The molecule has 1 amide bonds. The van der Waals surface area contributed by atoms with Gasteiger partial charge in [0.1, 0.15) is 5.56 Å². The lowest BCUT2D eigenvalue weighted by Crippen LogP contribution is -2.30. The van der Waals surface area contributed by atoms with E-state index in [1.54, 1.807) is 48.9 Å². The highest BCUT2D eigenvalue weighted by Gasteiger charge is 2.20. The van der Waals surface area contributed by atoms with Gasteiger partial charge in [0.05, 0.1) is 19.9 Å². The maximum atomic E-state index is 12.8. The minimum Gasteiger partial charge on any atom is -0.348 e. The predicted octanol–water partition coefficient (Wildman–Crippen LogP) is 3.38. The average molecular weight is 518 g/mol. The number of halogens is 1. The first-order chi connectivity index (χ1) is 15.1. The van der Waals surface area contributed by atoms with Gasteiger partial charge in [-0.1, -0.05) is 17.3 Å². The number of rotatable bonds is 5. The highest BCUT2D eigenvalue weighted by Crippen LogP contribution is 2.22. The van der Waals surface area contributed by atoms with Crippen LogP contribution in [-0.2, 0) is 16.3 Å². The van der Waals surface area contributed by atoms with Crippen LogP contribution in [0.4, 0.5) is 0 Å². The number of nitrogens with one attached hydrogen (secondary N) is 1. The van der Waals surface area contributed by atoms with E-state index in [0.29, 0.717) is 22.2 Å². The van der Waals surface area contributed by atoms with Gasteiger partial charge in [0.2, 0.25) is 17.5 Å². The number of amides is 1. The average Bonchev–Trinajstić information content (AvgIpc) is 3.09. The molecule has 3 rings (SSSR count). The predicted molar refractivity (Wildman–Crippen MR) is 122 cm³/mol. The van der Waals surface area contributed by atoms with Gasteiger partial charge in [-0.3, -0.25) is 14.2 Å². The van der Waals surface area contributed by atoms with Gasteiger partial charge in [-0.05, 0) is 54.4 Å². The zero-order valence-corrected chi connectivity index (χ0v) is 20.2. The Morgan fingerprint density at radius 3 is 2.53 bits per heavy atom. The van der Waals surface area contributed by atoms with Crippen LogP contribution >= 0.6 is 15.9 Å². The Hall–Kier alpha value is -3.23. The SMILES string of the molecule is Cc1noc(-n2cc(C(=O)NCc3ccc(S(C)(=O)=NC#N)cc3)c(=O)c(Br)c2C)c1C. The Kier molecular flexibility index (Phi) is 6.66. The molecule has 3 aromatic rings. The Morgan fingerprint density at radius 1 is 1.31 bits per heavy atom. The molecule has 2 aromatic heterocycles. The number of benzene rings is 1. The summed E-state index contributed by atoms with van der Waals surface area (Å²) >= 11 is 3.28. The van der Waals surface area contributed by atoms with E-state index >= 15 is 0 Å². The first-order valence-corrected chi connectivity index (χ1v) is 12.1. The van der Waals surface area contributed by atoms with E-state index in [9.17, 15) is 13.8 Å². The Bertz CT molecular complexity index is 1420. The first-order valence-electron chi connectivity index (χ1n) is 9.39. The van der Waals surface area contributed by atoms with Gasteiger partial charge in [0.15, 0.2) is 0 Å². The molecule has 0 aliphatic carbocycles. The summed E-state index contributed by atoms with van der Waals surface area (Å²) in [4.78, 5) is 25.9. The molecule has 0 aliphatic rings. The van der Waals surface area contributed by atoms with Crippen LogP contribution in [0, 0.1) is 32.2 Å². The molecule has 1 unspecified atom stereocenters. The van der Waals surface area contributed by atoms with Crippen LogP contribution in [0.15, 0.2) is 53.5 Å². The third-order valence-electron chi connectivity index (χ3n) is 5.01. The second-order valence-electron chi connectivity index (χ2n) is 7.16. The summed E-state index contributed by atoms with van der Waals surface area (Å²) in [5.74, 6) is -0.127. The monoisotopic (exact) mass is 517 g/mol. The summed E-state index contributed by atoms with van der Waals surface area (Å²) in [6, 6.07) is 6.54.